The zero-order valence-corrected chi connectivity index (χ0v) is 13.4. The third-order valence-electron chi connectivity index (χ3n) is 3.67. The van der Waals surface area contributed by atoms with Crippen LogP contribution in [-0.2, 0) is 11.3 Å². The molecule has 0 aliphatic rings. The van der Waals surface area contributed by atoms with Crippen LogP contribution in [0.5, 0.6) is 5.75 Å². The maximum absolute atomic E-state index is 14.0. The Hall–Kier alpha value is -2.97. The van der Waals surface area contributed by atoms with Gasteiger partial charge in [0.05, 0.1) is 11.4 Å². The molecule has 3 aromatic carbocycles. The average Bonchev–Trinajstić information content (AvgIpc) is 2.57. The van der Waals surface area contributed by atoms with E-state index in [0.717, 1.165) is 16.4 Å². The van der Waals surface area contributed by atoms with Gasteiger partial charge in [0.25, 0.3) is 11.3 Å². The third-order valence-corrected chi connectivity index (χ3v) is 4.39. The molecule has 0 saturated carbocycles. The number of hydrogen-bond acceptors (Lipinski definition) is 3. The van der Waals surface area contributed by atoms with Gasteiger partial charge in [-0.25, -0.2) is 17.7 Å². The first-order chi connectivity index (χ1) is 11.9. The molecule has 0 aromatic heterocycles. The van der Waals surface area contributed by atoms with E-state index in [9.17, 15) is 23.1 Å². The number of aromatic hydroxyl groups is 1. The molecule has 0 spiro atoms. The Morgan fingerprint density at radius 1 is 1.04 bits per heavy atom. The van der Waals surface area contributed by atoms with E-state index in [1.807, 2.05) is 0 Å². The summed E-state index contributed by atoms with van der Waals surface area (Å²) in [5.74, 6) is -2.35. The second kappa shape index (κ2) is 6.50. The van der Waals surface area contributed by atoms with Crippen LogP contribution in [0.2, 0.25) is 0 Å². The highest BCUT2D eigenvalue weighted by Gasteiger charge is 2.21. The van der Waals surface area contributed by atoms with Crippen molar-refractivity contribution in [1.82, 2.24) is 0 Å². The van der Waals surface area contributed by atoms with Crippen LogP contribution in [0.4, 0.5) is 15.8 Å². The predicted octanol–water partition coefficient (Wildman–Crippen LogP) is 3.66. The molecule has 3 N–H and O–H groups in total. The van der Waals surface area contributed by atoms with E-state index in [-0.39, 0.29) is 22.3 Å². The Labute approximate surface area is 144 Å². The molecular weight excluding hydrogens is 349 g/mol. The number of aromatic carboxylic acids is 1. The fraction of sp³-hybridized carbons (Fsp3) is 0. The smallest absolute Gasteiger partial charge is 0.339 e. The maximum Gasteiger partial charge on any atom is 0.339 e. The molecule has 6 nitrogen and oxygen atoms in total. The van der Waals surface area contributed by atoms with Gasteiger partial charge in [-0.1, -0.05) is 24.3 Å². The minimum Gasteiger partial charge on any atom is -0.507 e. The summed E-state index contributed by atoms with van der Waals surface area (Å²) >= 11 is -2.54. The van der Waals surface area contributed by atoms with Crippen LogP contribution in [0.1, 0.15) is 10.4 Å². The Kier molecular flexibility index (Phi) is 4.39. The monoisotopic (exact) mass is 361 g/mol. The number of fused-ring (bicyclic) bond motifs is 1. The maximum atomic E-state index is 14.0. The van der Waals surface area contributed by atoms with Crippen molar-refractivity contribution in [2.45, 2.75) is 0 Å². The summed E-state index contributed by atoms with van der Waals surface area (Å²) < 4.78 is 36.6. The van der Waals surface area contributed by atoms with Gasteiger partial charge >= 0.3 is 5.97 Å². The molecular formula is C17H12FNO5S. The largest absolute Gasteiger partial charge is 0.507 e. The number of rotatable bonds is 4. The van der Waals surface area contributed by atoms with Gasteiger partial charge in [-0.2, -0.15) is 0 Å². The molecule has 1 atom stereocenters. The molecule has 0 amide bonds. The minimum absolute atomic E-state index is 0.0834. The molecule has 3 rings (SSSR count). The molecule has 25 heavy (non-hydrogen) atoms. The Morgan fingerprint density at radius 2 is 1.72 bits per heavy atom. The first-order valence-corrected chi connectivity index (χ1v) is 8.11. The van der Waals surface area contributed by atoms with E-state index in [1.165, 1.54) is 24.3 Å². The van der Waals surface area contributed by atoms with Crippen molar-refractivity contribution >= 4 is 39.4 Å². The van der Waals surface area contributed by atoms with E-state index in [1.54, 1.807) is 18.2 Å². The Bertz CT molecular complexity index is 1010. The number of carboxylic acid groups (broad SMARTS) is 1. The topological polar surface area (TPSA) is 98.1 Å². The summed E-state index contributed by atoms with van der Waals surface area (Å²) in [5.41, 5.74) is -0.0169. The predicted molar refractivity (Wildman–Crippen MR) is 91.9 cm³/mol. The van der Waals surface area contributed by atoms with Gasteiger partial charge in [0, 0.05) is 16.8 Å². The number of halogens is 1. The van der Waals surface area contributed by atoms with Gasteiger partial charge in [-0.3, -0.25) is 4.55 Å². The van der Waals surface area contributed by atoms with Gasteiger partial charge in [0.1, 0.15) is 17.1 Å². The lowest BCUT2D eigenvalue weighted by atomic mass is 10.1. The summed E-state index contributed by atoms with van der Waals surface area (Å²) in [6.45, 7) is 0. The summed E-state index contributed by atoms with van der Waals surface area (Å²) in [6.07, 6.45) is 0. The number of phenols is 1. The van der Waals surface area contributed by atoms with E-state index >= 15 is 0 Å². The molecule has 0 bridgehead atoms. The summed E-state index contributed by atoms with van der Waals surface area (Å²) in [5, 5.41) is 19.5. The van der Waals surface area contributed by atoms with E-state index < -0.39 is 28.8 Å². The second-order valence-corrected chi connectivity index (χ2v) is 5.97. The number of anilines is 2. The first-order valence-electron chi connectivity index (χ1n) is 7.05. The lowest BCUT2D eigenvalue weighted by Crippen LogP contribution is -2.19. The molecule has 1 unspecified atom stereocenters. The lowest BCUT2D eigenvalue weighted by molar-refractivity contribution is 0.0694. The number of hydrogen-bond donors (Lipinski definition) is 3. The van der Waals surface area contributed by atoms with Gasteiger partial charge in [-0.15, -0.1) is 0 Å². The van der Waals surface area contributed by atoms with Gasteiger partial charge in [-0.05, 0) is 24.3 Å². The average molecular weight is 361 g/mol. The zero-order valence-electron chi connectivity index (χ0n) is 12.6. The first kappa shape index (κ1) is 16.9. The normalized spacial score (nSPS) is 12.1. The van der Waals surface area contributed by atoms with Crippen molar-refractivity contribution in [3.05, 3.63) is 66.0 Å². The molecule has 0 radical (unpaired) electrons. The van der Waals surface area contributed by atoms with E-state index in [4.69, 9.17) is 5.11 Å². The minimum atomic E-state index is -2.54. The fourth-order valence-electron chi connectivity index (χ4n) is 2.56. The van der Waals surface area contributed by atoms with Crippen LogP contribution in [0.15, 0.2) is 54.6 Å². The van der Waals surface area contributed by atoms with Crippen LogP contribution in [0, 0.1) is 5.82 Å². The number of carbonyl (C=O) groups is 1. The van der Waals surface area contributed by atoms with Crippen molar-refractivity contribution in [3.63, 3.8) is 0 Å². The van der Waals surface area contributed by atoms with Crippen molar-refractivity contribution in [3.8, 4) is 5.75 Å². The molecule has 128 valence electrons. The van der Waals surface area contributed by atoms with Crippen LogP contribution in [0.25, 0.3) is 10.8 Å². The molecule has 0 saturated heterocycles. The van der Waals surface area contributed by atoms with Crippen molar-refractivity contribution in [2.75, 3.05) is 4.31 Å². The van der Waals surface area contributed by atoms with Crippen molar-refractivity contribution < 1.29 is 28.2 Å². The quantitative estimate of drug-likeness (QED) is 0.616. The van der Waals surface area contributed by atoms with Gasteiger partial charge < -0.3 is 10.2 Å². The lowest BCUT2D eigenvalue weighted by Gasteiger charge is -2.22. The second-order valence-electron chi connectivity index (χ2n) is 5.14. The highest BCUT2D eigenvalue weighted by Crippen LogP contribution is 2.36. The Morgan fingerprint density at radius 3 is 2.32 bits per heavy atom. The molecule has 0 fully saturated rings. The number of carboxylic acids is 1. The Balaban J connectivity index is 2.22. The van der Waals surface area contributed by atoms with Crippen LogP contribution >= 0.6 is 0 Å². The molecule has 0 heterocycles. The number of benzene rings is 3. The van der Waals surface area contributed by atoms with E-state index in [2.05, 4.69) is 0 Å². The van der Waals surface area contributed by atoms with Crippen LogP contribution in [0.3, 0.4) is 0 Å². The number of nitrogens with zero attached hydrogens (tertiary/aromatic N) is 1. The standard InChI is InChI=1S/C17H12FNO5S/c18-14-7-8-15(12-4-2-1-3-11(12)14)19(25(23)24)10-5-6-13(17(21)22)16(20)9-10/h1-9,20H,(H,21,22)(H,23,24). The van der Waals surface area contributed by atoms with Gasteiger partial charge in [0.2, 0.25) is 0 Å². The third kappa shape index (κ3) is 3.04. The zero-order chi connectivity index (χ0) is 18.1. The highest BCUT2D eigenvalue weighted by molar-refractivity contribution is 7.81. The van der Waals surface area contributed by atoms with Crippen LogP contribution in [-0.4, -0.2) is 24.9 Å². The van der Waals surface area contributed by atoms with Gasteiger partial charge in [0.15, 0.2) is 0 Å². The molecule has 8 heteroatoms. The van der Waals surface area contributed by atoms with E-state index in [0.29, 0.717) is 5.39 Å². The summed E-state index contributed by atoms with van der Waals surface area (Å²) in [7, 11) is 0. The van der Waals surface area contributed by atoms with Crippen molar-refractivity contribution in [1.29, 1.82) is 0 Å². The molecule has 0 aliphatic heterocycles. The molecule has 3 aromatic rings. The molecule has 0 aliphatic carbocycles. The SMILES string of the molecule is O=C(O)c1ccc(N(c2ccc(F)c3ccccc23)S(=O)O)cc1O. The van der Waals surface area contributed by atoms with Crippen LogP contribution < -0.4 is 4.31 Å². The highest BCUT2D eigenvalue weighted by atomic mass is 32.2. The summed E-state index contributed by atoms with van der Waals surface area (Å²) in [6, 6.07) is 12.4. The van der Waals surface area contributed by atoms with Crippen molar-refractivity contribution in [2.24, 2.45) is 0 Å². The fourth-order valence-corrected chi connectivity index (χ4v) is 3.19. The summed E-state index contributed by atoms with van der Waals surface area (Å²) in [4.78, 5) is 11.0.